The van der Waals surface area contributed by atoms with Crippen molar-refractivity contribution in [3.8, 4) is 0 Å². The lowest BCUT2D eigenvalue weighted by molar-refractivity contribution is -0.385. The topological polar surface area (TPSA) is 110 Å². The van der Waals surface area contributed by atoms with E-state index in [1.807, 2.05) is 0 Å². The van der Waals surface area contributed by atoms with Crippen molar-refractivity contribution in [2.75, 3.05) is 0 Å². The van der Waals surface area contributed by atoms with Gasteiger partial charge in [-0.1, -0.05) is 0 Å². The van der Waals surface area contributed by atoms with Gasteiger partial charge in [-0.05, 0) is 41.3 Å². The van der Waals surface area contributed by atoms with Crippen LogP contribution in [0, 0.1) is 21.8 Å². The Morgan fingerprint density at radius 3 is 2.64 bits per heavy atom. The number of nitro groups is 1. The highest BCUT2D eigenvalue weighted by molar-refractivity contribution is 9.10. The van der Waals surface area contributed by atoms with Crippen LogP contribution in [-0.4, -0.2) is 27.9 Å². The third-order valence-corrected chi connectivity index (χ3v) is 4.41. The Labute approximate surface area is 132 Å². The van der Waals surface area contributed by atoms with E-state index in [0.29, 0.717) is 12.8 Å². The highest BCUT2D eigenvalue weighted by atomic mass is 79.9. The van der Waals surface area contributed by atoms with Crippen LogP contribution in [-0.2, 0) is 4.79 Å². The molecule has 0 radical (unpaired) electrons. The van der Waals surface area contributed by atoms with E-state index < -0.39 is 34.2 Å². The number of amides is 1. The van der Waals surface area contributed by atoms with E-state index in [9.17, 15) is 24.1 Å². The SMILES string of the molecule is O=C(N[C@@H]1CC[C@H](C(=O)O)C1)c1cc(F)cc([N+](=O)[O-])c1Br. The monoisotopic (exact) mass is 374 g/mol. The first-order valence-electron chi connectivity index (χ1n) is 6.46. The maximum Gasteiger partial charge on any atom is 0.306 e. The Morgan fingerprint density at radius 2 is 2.09 bits per heavy atom. The van der Waals surface area contributed by atoms with Crippen molar-refractivity contribution in [1.82, 2.24) is 5.32 Å². The van der Waals surface area contributed by atoms with E-state index in [4.69, 9.17) is 5.11 Å². The van der Waals surface area contributed by atoms with Crippen molar-refractivity contribution in [2.24, 2.45) is 5.92 Å². The Morgan fingerprint density at radius 1 is 1.41 bits per heavy atom. The first-order valence-corrected chi connectivity index (χ1v) is 7.26. The second-order valence-corrected chi connectivity index (χ2v) is 5.86. The van der Waals surface area contributed by atoms with Crippen LogP contribution in [0.1, 0.15) is 29.6 Å². The fourth-order valence-corrected chi connectivity index (χ4v) is 3.03. The average Bonchev–Trinajstić information content (AvgIpc) is 2.89. The molecule has 2 rings (SSSR count). The highest BCUT2D eigenvalue weighted by Crippen LogP contribution is 2.31. The predicted octanol–water partition coefficient (Wildman–Crippen LogP) is 2.48. The van der Waals surface area contributed by atoms with E-state index in [-0.39, 0.29) is 22.5 Å². The minimum Gasteiger partial charge on any atom is -0.481 e. The number of nitrogens with one attached hydrogen (secondary N) is 1. The van der Waals surface area contributed by atoms with Crippen LogP contribution in [0.5, 0.6) is 0 Å². The molecule has 0 unspecified atom stereocenters. The maximum atomic E-state index is 13.4. The summed E-state index contributed by atoms with van der Waals surface area (Å²) in [5.41, 5.74) is -0.731. The maximum absolute atomic E-state index is 13.4. The molecule has 1 fully saturated rings. The molecule has 2 N–H and O–H groups in total. The molecule has 1 aliphatic carbocycles. The largest absolute Gasteiger partial charge is 0.481 e. The minimum absolute atomic E-state index is 0.107. The molecule has 0 saturated heterocycles. The molecular weight excluding hydrogens is 363 g/mol. The summed E-state index contributed by atoms with van der Waals surface area (Å²) in [6.07, 6.45) is 1.23. The highest BCUT2D eigenvalue weighted by Gasteiger charge is 2.31. The third kappa shape index (κ3) is 3.41. The van der Waals surface area contributed by atoms with Gasteiger partial charge in [0.15, 0.2) is 0 Å². The number of benzene rings is 1. The average molecular weight is 375 g/mol. The van der Waals surface area contributed by atoms with E-state index in [1.54, 1.807) is 0 Å². The van der Waals surface area contributed by atoms with Gasteiger partial charge in [-0.3, -0.25) is 19.7 Å². The summed E-state index contributed by atoms with van der Waals surface area (Å²) < 4.78 is 13.3. The number of rotatable bonds is 4. The summed E-state index contributed by atoms with van der Waals surface area (Å²) in [4.78, 5) is 33.1. The zero-order valence-electron chi connectivity index (χ0n) is 11.2. The van der Waals surface area contributed by atoms with Crippen LogP contribution in [0.3, 0.4) is 0 Å². The van der Waals surface area contributed by atoms with Gasteiger partial charge in [0.1, 0.15) is 10.3 Å². The lowest BCUT2D eigenvalue weighted by Crippen LogP contribution is -2.33. The van der Waals surface area contributed by atoms with Crippen molar-refractivity contribution in [2.45, 2.75) is 25.3 Å². The summed E-state index contributed by atoms with van der Waals surface area (Å²) in [7, 11) is 0. The lowest BCUT2D eigenvalue weighted by atomic mass is 10.1. The van der Waals surface area contributed by atoms with Crippen LogP contribution in [0.2, 0.25) is 0 Å². The van der Waals surface area contributed by atoms with E-state index in [1.165, 1.54) is 0 Å². The van der Waals surface area contributed by atoms with Crippen LogP contribution in [0.25, 0.3) is 0 Å². The van der Waals surface area contributed by atoms with E-state index in [2.05, 4.69) is 21.2 Å². The zero-order chi connectivity index (χ0) is 16.4. The van der Waals surface area contributed by atoms with Gasteiger partial charge in [0.25, 0.3) is 11.6 Å². The summed E-state index contributed by atoms with van der Waals surface area (Å²) in [5.74, 6) is -3.00. The Balaban J connectivity index is 2.17. The second-order valence-electron chi connectivity index (χ2n) is 5.06. The van der Waals surface area contributed by atoms with Crippen LogP contribution in [0.4, 0.5) is 10.1 Å². The molecule has 0 aliphatic heterocycles. The summed E-state index contributed by atoms with van der Waals surface area (Å²) in [6, 6.07) is 1.27. The van der Waals surface area contributed by atoms with Gasteiger partial charge < -0.3 is 10.4 Å². The van der Waals surface area contributed by atoms with Crippen molar-refractivity contribution in [3.05, 3.63) is 38.1 Å². The van der Waals surface area contributed by atoms with Gasteiger partial charge in [0.05, 0.1) is 22.5 Å². The van der Waals surface area contributed by atoms with Crippen LogP contribution < -0.4 is 5.32 Å². The fourth-order valence-electron chi connectivity index (χ4n) is 2.47. The summed E-state index contributed by atoms with van der Waals surface area (Å²) in [5, 5.41) is 22.3. The standard InChI is InChI=1S/C13H12BrFN2O5/c14-11-9(4-7(15)5-10(11)17(21)22)12(18)16-8-2-1-6(3-8)13(19)20/h4-6,8H,1-3H2,(H,16,18)(H,19,20)/t6-,8+/m0/s1. The number of nitrogens with zero attached hydrogens (tertiary/aromatic N) is 1. The second kappa shape index (κ2) is 6.39. The molecule has 0 spiro atoms. The molecule has 22 heavy (non-hydrogen) atoms. The molecule has 1 aliphatic rings. The van der Waals surface area contributed by atoms with Gasteiger partial charge in [-0.25, -0.2) is 4.39 Å². The smallest absolute Gasteiger partial charge is 0.306 e. The first kappa shape index (κ1) is 16.3. The molecule has 1 aromatic rings. The quantitative estimate of drug-likeness (QED) is 0.621. The van der Waals surface area contributed by atoms with Crippen LogP contribution in [0.15, 0.2) is 16.6 Å². The number of halogens is 2. The molecular formula is C13H12BrFN2O5. The predicted molar refractivity (Wildman–Crippen MR) is 77.0 cm³/mol. The van der Waals surface area contributed by atoms with Gasteiger partial charge >= 0.3 is 5.97 Å². The molecule has 7 nitrogen and oxygen atoms in total. The molecule has 1 amide bonds. The van der Waals surface area contributed by atoms with Crippen molar-refractivity contribution in [1.29, 1.82) is 0 Å². The fraction of sp³-hybridized carbons (Fsp3) is 0.385. The molecule has 1 aromatic carbocycles. The van der Waals surface area contributed by atoms with Gasteiger partial charge in [0.2, 0.25) is 0 Å². The van der Waals surface area contributed by atoms with Gasteiger partial charge in [0, 0.05) is 6.04 Å². The van der Waals surface area contributed by atoms with Gasteiger partial charge in [-0.2, -0.15) is 0 Å². The molecule has 0 aromatic heterocycles. The normalized spacial score (nSPS) is 20.6. The van der Waals surface area contributed by atoms with Crippen LogP contribution >= 0.6 is 15.9 Å². The van der Waals surface area contributed by atoms with Crippen molar-refractivity contribution >= 4 is 33.5 Å². The Bertz CT molecular complexity index is 652. The molecule has 2 atom stereocenters. The number of hydrogen-bond donors (Lipinski definition) is 2. The minimum atomic E-state index is -0.917. The van der Waals surface area contributed by atoms with Gasteiger partial charge in [-0.15, -0.1) is 0 Å². The number of aliphatic carboxylic acids is 1. The number of nitro benzene ring substituents is 1. The molecule has 118 valence electrons. The lowest BCUT2D eigenvalue weighted by Gasteiger charge is -2.13. The summed E-state index contributed by atoms with van der Waals surface area (Å²) in [6.45, 7) is 0. The first-order chi connectivity index (χ1) is 10.3. The van der Waals surface area contributed by atoms with Crippen molar-refractivity contribution < 1.29 is 24.0 Å². The van der Waals surface area contributed by atoms with E-state index in [0.717, 1.165) is 12.1 Å². The molecule has 9 heteroatoms. The number of carboxylic acid groups (broad SMARTS) is 1. The van der Waals surface area contributed by atoms with E-state index >= 15 is 0 Å². The number of carbonyl (C=O) groups is 2. The third-order valence-electron chi connectivity index (χ3n) is 3.58. The molecule has 1 saturated carbocycles. The number of carbonyl (C=O) groups excluding carboxylic acids is 1. The number of carboxylic acids is 1. The molecule has 0 heterocycles. The summed E-state index contributed by atoms with van der Waals surface area (Å²) >= 11 is 2.94. The van der Waals surface area contributed by atoms with Crippen molar-refractivity contribution in [3.63, 3.8) is 0 Å². The number of hydrogen-bond acceptors (Lipinski definition) is 4. The molecule has 0 bridgehead atoms. The zero-order valence-corrected chi connectivity index (χ0v) is 12.8. The Kier molecular flexibility index (Phi) is 4.74. The Hall–Kier alpha value is -2.03.